The van der Waals surface area contributed by atoms with Crippen LogP contribution in [-0.4, -0.2) is 27.5 Å². The number of nitrogens with one attached hydrogen (secondary N) is 1. The molecule has 0 saturated heterocycles. The number of hydrogen-bond donors (Lipinski definition) is 1. The van der Waals surface area contributed by atoms with E-state index in [-0.39, 0.29) is 12.7 Å². The molecule has 7 nitrogen and oxygen atoms in total. The minimum atomic E-state index is -0.136. The molecule has 24 heavy (non-hydrogen) atoms. The van der Waals surface area contributed by atoms with Crippen molar-refractivity contribution in [3.8, 4) is 17.2 Å². The third-order valence-corrected chi connectivity index (χ3v) is 3.74. The standard InChI is InChI=1S/C17H14N4O3/c22-17(13-2-4-14(5-3-13)21-9-19-20-10-21)18-8-12-1-6-15-16(7-12)24-11-23-15/h1-7,9-10H,8,11H2,(H,18,22). The Kier molecular flexibility index (Phi) is 3.59. The highest BCUT2D eigenvalue weighted by Gasteiger charge is 2.13. The second-order valence-electron chi connectivity index (χ2n) is 5.29. The summed E-state index contributed by atoms with van der Waals surface area (Å²) in [6.45, 7) is 0.659. The Bertz CT molecular complexity index is 860. The lowest BCUT2D eigenvalue weighted by Gasteiger charge is -2.07. The Hall–Kier alpha value is -3.35. The second-order valence-corrected chi connectivity index (χ2v) is 5.29. The van der Waals surface area contributed by atoms with E-state index >= 15 is 0 Å². The van der Waals surface area contributed by atoms with Crippen LogP contribution >= 0.6 is 0 Å². The zero-order valence-electron chi connectivity index (χ0n) is 12.7. The Morgan fingerprint density at radius 1 is 1.04 bits per heavy atom. The summed E-state index contributed by atoms with van der Waals surface area (Å²) in [5.74, 6) is 1.30. The van der Waals surface area contributed by atoms with E-state index in [9.17, 15) is 4.79 Å². The molecule has 0 atom stereocenters. The van der Waals surface area contributed by atoms with E-state index in [0.29, 0.717) is 17.9 Å². The molecular formula is C17H14N4O3. The molecule has 1 aliphatic heterocycles. The highest BCUT2D eigenvalue weighted by atomic mass is 16.7. The van der Waals surface area contributed by atoms with Crippen LogP contribution in [0.1, 0.15) is 15.9 Å². The van der Waals surface area contributed by atoms with Gasteiger partial charge in [0.05, 0.1) is 0 Å². The van der Waals surface area contributed by atoms with Crippen LogP contribution in [-0.2, 0) is 6.54 Å². The summed E-state index contributed by atoms with van der Waals surface area (Å²) in [7, 11) is 0. The predicted octanol–water partition coefficient (Wildman–Crippen LogP) is 1.93. The monoisotopic (exact) mass is 322 g/mol. The number of amides is 1. The molecule has 4 rings (SSSR count). The first kappa shape index (κ1) is 14.3. The smallest absolute Gasteiger partial charge is 0.251 e. The summed E-state index contributed by atoms with van der Waals surface area (Å²) < 4.78 is 12.4. The maximum atomic E-state index is 12.3. The molecule has 120 valence electrons. The summed E-state index contributed by atoms with van der Waals surface area (Å²) in [5.41, 5.74) is 2.44. The molecule has 1 amide bonds. The van der Waals surface area contributed by atoms with E-state index < -0.39 is 0 Å². The second kappa shape index (κ2) is 6.04. The van der Waals surface area contributed by atoms with Gasteiger partial charge in [-0.25, -0.2) is 0 Å². The van der Waals surface area contributed by atoms with Gasteiger partial charge in [-0.2, -0.15) is 0 Å². The maximum absolute atomic E-state index is 12.3. The zero-order valence-corrected chi connectivity index (χ0v) is 12.7. The van der Waals surface area contributed by atoms with Crippen molar-refractivity contribution in [3.05, 3.63) is 66.2 Å². The van der Waals surface area contributed by atoms with Gasteiger partial charge in [-0.3, -0.25) is 9.36 Å². The van der Waals surface area contributed by atoms with E-state index in [1.807, 2.05) is 30.3 Å². The topological polar surface area (TPSA) is 78.3 Å². The van der Waals surface area contributed by atoms with Gasteiger partial charge >= 0.3 is 0 Å². The van der Waals surface area contributed by atoms with Crippen LogP contribution in [0.3, 0.4) is 0 Å². The Morgan fingerprint density at radius 3 is 2.58 bits per heavy atom. The van der Waals surface area contributed by atoms with Crippen molar-refractivity contribution >= 4 is 5.91 Å². The largest absolute Gasteiger partial charge is 0.454 e. The summed E-state index contributed by atoms with van der Waals surface area (Å²) in [6.07, 6.45) is 3.21. The normalized spacial score (nSPS) is 12.2. The lowest BCUT2D eigenvalue weighted by molar-refractivity contribution is 0.0951. The van der Waals surface area contributed by atoms with Crippen molar-refractivity contribution < 1.29 is 14.3 Å². The molecule has 0 bridgehead atoms. The van der Waals surface area contributed by atoms with Crippen LogP contribution in [0.4, 0.5) is 0 Å². The number of aromatic nitrogens is 3. The number of fused-ring (bicyclic) bond motifs is 1. The molecule has 2 aromatic carbocycles. The molecular weight excluding hydrogens is 308 g/mol. The summed E-state index contributed by atoms with van der Waals surface area (Å²) in [6, 6.07) is 12.9. The zero-order chi connectivity index (χ0) is 16.4. The van der Waals surface area contributed by atoms with Crippen molar-refractivity contribution in [2.24, 2.45) is 0 Å². The Labute approximate surface area is 137 Å². The van der Waals surface area contributed by atoms with Crippen LogP contribution in [0.25, 0.3) is 5.69 Å². The van der Waals surface area contributed by atoms with E-state index in [2.05, 4.69) is 15.5 Å². The third kappa shape index (κ3) is 2.79. The molecule has 0 saturated carbocycles. The maximum Gasteiger partial charge on any atom is 0.251 e. The summed E-state index contributed by atoms with van der Waals surface area (Å²) >= 11 is 0. The molecule has 2 heterocycles. The van der Waals surface area contributed by atoms with Crippen molar-refractivity contribution in [2.45, 2.75) is 6.54 Å². The quantitative estimate of drug-likeness (QED) is 0.794. The fraction of sp³-hybridized carbons (Fsp3) is 0.118. The molecule has 1 N–H and O–H groups in total. The fourth-order valence-electron chi connectivity index (χ4n) is 2.45. The van der Waals surface area contributed by atoms with Gasteiger partial charge in [0.2, 0.25) is 6.79 Å². The van der Waals surface area contributed by atoms with Crippen LogP contribution < -0.4 is 14.8 Å². The first-order valence-corrected chi connectivity index (χ1v) is 7.41. The fourth-order valence-corrected chi connectivity index (χ4v) is 2.45. The number of hydrogen-bond acceptors (Lipinski definition) is 5. The van der Waals surface area contributed by atoms with Crippen molar-refractivity contribution in [2.75, 3.05) is 6.79 Å². The SMILES string of the molecule is O=C(NCc1ccc2c(c1)OCO2)c1ccc(-n2cnnc2)cc1. The highest BCUT2D eigenvalue weighted by Crippen LogP contribution is 2.32. The van der Waals surface area contributed by atoms with Gasteiger partial charge in [-0.1, -0.05) is 6.07 Å². The van der Waals surface area contributed by atoms with Gasteiger partial charge in [-0.05, 0) is 42.0 Å². The molecule has 0 radical (unpaired) electrons. The van der Waals surface area contributed by atoms with E-state index in [4.69, 9.17) is 9.47 Å². The molecule has 7 heteroatoms. The summed E-state index contributed by atoms with van der Waals surface area (Å²) in [5, 5.41) is 10.4. The van der Waals surface area contributed by atoms with Crippen LogP contribution in [0.2, 0.25) is 0 Å². The van der Waals surface area contributed by atoms with E-state index in [1.54, 1.807) is 29.4 Å². The highest BCUT2D eigenvalue weighted by molar-refractivity contribution is 5.94. The number of carbonyl (C=O) groups is 1. The lowest BCUT2D eigenvalue weighted by atomic mass is 10.1. The van der Waals surface area contributed by atoms with Crippen molar-refractivity contribution in [1.82, 2.24) is 20.1 Å². The van der Waals surface area contributed by atoms with Gasteiger partial charge < -0.3 is 14.8 Å². The molecule has 0 unspecified atom stereocenters. The van der Waals surface area contributed by atoms with Crippen LogP contribution in [0, 0.1) is 0 Å². The first-order valence-electron chi connectivity index (χ1n) is 7.41. The lowest BCUT2D eigenvalue weighted by Crippen LogP contribution is -2.22. The number of ether oxygens (including phenoxy) is 2. The molecule has 0 aliphatic carbocycles. The average molecular weight is 322 g/mol. The van der Waals surface area contributed by atoms with E-state index in [0.717, 1.165) is 17.0 Å². The molecule has 0 spiro atoms. The molecule has 3 aromatic rings. The third-order valence-electron chi connectivity index (χ3n) is 3.74. The first-order chi connectivity index (χ1) is 11.8. The minimum absolute atomic E-state index is 0.136. The number of nitrogens with zero attached hydrogens (tertiary/aromatic N) is 3. The van der Waals surface area contributed by atoms with Gasteiger partial charge in [0.25, 0.3) is 5.91 Å². The van der Waals surface area contributed by atoms with Gasteiger partial charge in [0.15, 0.2) is 11.5 Å². The minimum Gasteiger partial charge on any atom is -0.454 e. The Morgan fingerprint density at radius 2 is 1.79 bits per heavy atom. The van der Waals surface area contributed by atoms with Crippen LogP contribution in [0.15, 0.2) is 55.1 Å². The predicted molar refractivity (Wildman–Crippen MR) is 85.1 cm³/mol. The van der Waals surface area contributed by atoms with Gasteiger partial charge in [0, 0.05) is 17.8 Å². The molecule has 1 aliphatic rings. The Balaban J connectivity index is 1.41. The van der Waals surface area contributed by atoms with Crippen LogP contribution in [0.5, 0.6) is 11.5 Å². The van der Waals surface area contributed by atoms with Crippen molar-refractivity contribution in [1.29, 1.82) is 0 Å². The molecule has 1 aromatic heterocycles. The number of benzene rings is 2. The van der Waals surface area contributed by atoms with Gasteiger partial charge in [0.1, 0.15) is 12.7 Å². The average Bonchev–Trinajstić information content (AvgIpc) is 3.31. The number of carbonyl (C=O) groups excluding carboxylic acids is 1. The van der Waals surface area contributed by atoms with E-state index in [1.165, 1.54) is 0 Å². The number of rotatable bonds is 4. The van der Waals surface area contributed by atoms with Gasteiger partial charge in [-0.15, -0.1) is 10.2 Å². The van der Waals surface area contributed by atoms with Crippen molar-refractivity contribution in [3.63, 3.8) is 0 Å². The summed E-state index contributed by atoms with van der Waals surface area (Å²) in [4.78, 5) is 12.3. The molecule has 0 fully saturated rings.